The van der Waals surface area contributed by atoms with Crippen LogP contribution < -0.4 is 10.5 Å². The summed E-state index contributed by atoms with van der Waals surface area (Å²) in [4.78, 5) is 17.3. The van der Waals surface area contributed by atoms with Gasteiger partial charge >= 0.3 is 5.63 Å². The predicted molar refractivity (Wildman–Crippen MR) is 59.8 cm³/mol. The lowest BCUT2D eigenvalue weighted by Crippen LogP contribution is -2.22. The molecule has 0 aliphatic carbocycles. The van der Waals surface area contributed by atoms with Gasteiger partial charge in [-0.05, 0) is 24.3 Å². The van der Waals surface area contributed by atoms with Crippen molar-refractivity contribution in [2.24, 2.45) is 0 Å². The summed E-state index contributed by atoms with van der Waals surface area (Å²) in [7, 11) is -2.50. The van der Waals surface area contributed by atoms with Crippen molar-refractivity contribution in [3.63, 3.8) is 0 Å². The lowest BCUT2D eigenvalue weighted by atomic mass is 10.2. The molecule has 1 aromatic heterocycles. The van der Waals surface area contributed by atoms with E-state index in [-0.39, 0.29) is 4.90 Å². The Morgan fingerprint density at radius 1 is 1.24 bits per heavy atom. The molecular weight excluding hydrogens is 246 g/mol. The van der Waals surface area contributed by atoms with Crippen LogP contribution in [0.15, 0.2) is 44.4 Å². The summed E-state index contributed by atoms with van der Waals surface area (Å²) >= 11 is 0. The zero-order valence-electron chi connectivity index (χ0n) is 8.84. The van der Waals surface area contributed by atoms with Crippen LogP contribution in [0.4, 0.5) is 0 Å². The van der Waals surface area contributed by atoms with Crippen LogP contribution in [0.25, 0.3) is 11.0 Å². The van der Waals surface area contributed by atoms with Gasteiger partial charge in [-0.1, -0.05) is 4.89 Å². The maximum Gasteiger partial charge on any atom is 0.336 e. The number of hydrogen-bond acceptors (Lipinski definition) is 5. The Bertz CT molecular complexity index is 704. The molecule has 0 amide bonds. The van der Waals surface area contributed by atoms with E-state index in [1.807, 2.05) is 4.89 Å². The highest BCUT2D eigenvalue weighted by molar-refractivity contribution is 7.89. The molecule has 6 nitrogen and oxygen atoms in total. The van der Waals surface area contributed by atoms with Gasteiger partial charge in [0.25, 0.3) is 10.0 Å². The van der Waals surface area contributed by atoms with E-state index in [0.717, 1.165) is 0 Å². The first-order valence-electron chi connectivity index (χ1n) is 4.62. The van der Waals surface area contributed by atoms with E-state index in [2.05, 4.69) is 4.84 Å². The molecule has 7 heteroatoms. The van der Waals surface area contributed by atoms with Crippen LogP contribution in [0, 0.1) is 0 Å². The van der Waals surface area contributed by atoms with Crippen molar-refractivity contribution in [2.75, 3.05) is 7.11 Å². The Labute approximate surface area is 96.8 Å². The van der Waals surface area contributed by atoms with Gasteiger partial charge in [-0.25, -0.2) is 13.2 Å². The van der Waals surface area contributed by atoms with E-state index in [4.69, 9.17) is 4.42 Å². The van der Waals surface area contributed by atoms with Gasteiger partial charge in [0.2, 0.25) is 0 Å². The first-order chi connectivity index (χ1) is 8.03. The second-order valence-corrected chi connectivity index (χ2v) is 4.89. The van der Waals surface area contributed by atoms with Crippen molar-refractivity contribution in [2.45, 2.75) is 4.90 Å². The van der Waals surface area contributed by atoms with Gasteiger partial charge in [0.05, 0.1) is 12.0 Å². The van der Waals surface area contributed by atoms with Crippen molar-refractivity contribution in [1.82, 2.24) is 4.89 Å². The number of sulfonamides is 1. The van der Waals surface area contributed by atoms with Gasteiger partial charge < -0.3 is 4.42 Å². The molecule has 1 aromatic carbocycles. The SMILES string of the molecule is CONS(=O)(=O)c1ccc2oc(=O)ccc2c1. The summed E-state index contributed by atoms with van der Waals surface area (Å²) in [6, 6.07) is 6.85. The van der Waals surface area contributed by atoms with E-state index < -0.39 is 15.6 Å². The van der Waals surface area contributed by atoms with E-state index in [0.29, 0.717) is 11.0 Å². The van der Waals surface area contributed by atoms with Gasteiger partial charge in [-0.2, -0.15) is 0 Å². The van der Waals surface area contributed by atoms with Crippen LogP contribution in [0.5, 0.6) is 0 Å². The summed E-state index contributed by atoms with van der Waals surface area (Å²) in [6.45, 7) is 0. The van der Waals surface area contributed by atoms with Crippen molar-refractivity contribution in [3.8, 4) is 0 Å². The predicted octanol–water partition coefficient (Wildman–Crippen LogP) is 0.633. The minimum atomic E-state index is -3.70. The molecule has 17 heavy (non-hydrogen) atoms. The first-order valence-corrected chi connectivity index (χ1v) is 6.10. The summed E-state index contributed by atoms with van der Waals surface area (Å²) < 4.78 is 28.1. The molecule has 0 saturated heterocycles. The maximum atomic E-state index is 11.6. The molecule has 90 valence electrons. The molecule has 0 radical (unpaired) electrons. The molecule has 2 rings (SSSR count). The molecule has 0 fully saturated rings. The van der Waals surface area contributed by atoms with E-state index in [9.17, 15) is 13.2 Å². The highest BCUT2D eigenvalue weighted by Crippen LogP contribution is 2.17. The summed E-state index contributed by atoms with van der Waals surface area (Å²) in [5.74, 6) is 0. The lowest BCUT2D eigenvalue weighted by Gasteiger charge is -2.04. The fraction of sp³-hybridized carbons (Fsp3) is 0.100. The molecule has 2 aromatic rings. The standard InChI is InChI=1S/C10H9NO5S/c1-15-11-17(13,14)8-3-4-9-7(6-8)2-5-10(12)16-9/h2-6,11H,1H3. The summed E-state index contributed by atoms with van der Waals surface area (Å²) in [6.07, 6.45) is 0. The zero-order chi connectivity index (χ0) is 12.5. The molecule has 0 saturated carbocycles. The molecule has 1 N–H and O–H groups in total. The van der Waals surface area contributed by atoms with E-state index in [1.165, 1.54) is 37.4 Å². The minimum Gasteiger partial charge on any atom is -0.423 e. The maximum absolute atomic E-state index is 11.6. The molecular formula is C10H9NO5S. The van der Waals surface area contributed by atoms with Crippen molar-refractivity contribution < 1.29 is 17.7 Å². The highest BCUT2D eigenvalue weighted by atomic mass is 32.2. The van der Waals surface area contributed by atoms with Crippen LogP contribution in [-0.2, 0) is 14.9 Å². The average Bonchev–Trinajstić information content (AvgIpc) is 2.28. The quantitative estimate of drug-likeness (QED) is 0.642. The highest BCUT2D eigenvalue weighted by Gasteiger charge is 2.14. The smallest absolute Gasteiger partial charge is 0.336 e. The van der Waals surface area contributed by atoms with Gasteiger partial charge in [-0.3, -0.25) is 4.84 Å². The minimum absolute atomic E-state index is 0.0284. The summed E-state index contributed by atoms with van der Waals surface area (Å²) in [5.41, 5.74) is -0.156. The van der Waals surface area contributed by atoms with Crippen LogP contribution in [0.1, 0.15) is 0 Å². The largest absolute Gasteiger partial charge is 0.423 e. The Kier molecular flexibility index (Phi) is 2.97. The second kappa shape index (κ2) is 4.28. The Morgan fingerprint density at radius 2 is 2.00 bits per heavy atom. The molecule has 0 unspecified atom stereocenters. The van der Waals surface area contributed by atoms with Gasteiger partial charge in [0.1, 0.15) is 5.58 Å². The van der Waals surface area contributed by atoms with Gasteiger partial charge in [-0.15, -0.1) is 0 Å². The van der Waals surface area contributed by atoms with E-state index >= 15 is 0 Å². The molecule has 0 spiro atoms. The monoisotopic (exact) mass is 255 g/mol. The Hall–Kier alpha value is -1.70. The van der Waals surface area contributed by atoms with Crippen molar-refractivity contribution >= 4 is 21.0 Å². The third-order valence-corrected chi connectivity index (χ3v) is 3.35. The summed E-state index contributed by atoms with van der Waals surface area (Å²) in [5, 5.41) is 0.517. The molecule has 0 bridgehead atoms. The molecule has 0 atom stereocenters. The topological polar surface area (TPSA) is 85.6 Å². The number of benzene rings is 1. The van der Waals surface area contributed by atoms with Crippen LogP contribution in [0.3, 0.4) is 0 Å². The molecule has 0 aliphatic rings. The van der Waals surface area contributed by atoms with Crippen molar-refractivity contribution in [1.29, 1.82) is 0 Å². The molecule has 0 aliphatic heterocycles. The van der Waals surface area contributed by atoms with Gasteiger partial charge in [0, 0.05) is 11.5 Å². The van der Waals surface area contributed by atoms with Crippen molar-refractivity contribution in [3.05, 3.63) is 40.8 Å². The normalized spacial score (nSPS) is 11.8. The second-order valence-electron chi connectivity index (χ2n) is 3.24. The third kappa shape index (κ3) is 2.36. The van der Waals surface area contributed by atoms with Crippen LogP contribution in [0.2, 0.25) is 0 Å². The van der Waals surface area contributed by atoms with Gasteiger partial charge in [0.15, 0.2) is 0 Å². The Morgan fingerprint density at radius 3 is 2.71 bits per heavy atom. The number of nitrogens with one attached hydrogen (secondary N) is 1. The molecule has 1 heterocycles. The number of fused-ring (bicyclic) bond motifs is 1. The lowest BCUT2D eigenvalue weighted by molar-refractivity contribution is 0.153. The van der Waals surface area contributed by atoms with Crippen LogP contribution >= 0.6 is 0 Å². The fourth-order valence-electron chi connectivity index (χ4n) is 1.37. The van der Waals surface area contributed by atoms with E-state index in [1.54, 1.807) is 0 Å². The Balaban J connectivity index is 2.60. The number of rotatable bonds is 3. The average molecular weight is 255 g/mol. The third-order valence-electron chi connectivity index (χ3n) is 2.09. The first kappa shape index (κ1) is 11.8. The number of hydrogen-bond donors (Lipinski definition) is 1. The van der Waals surface area contributed by atoms with Crippen LogP contribution in [-0.4, -0.2) is 15.5 Å². The fourth-order valence-corrected chi connectivity index (χ4v) is 2.22. The zero-order valence-corrected chi connectivity index (χ0v) is 9.65.